The van der Waals surface area contributed by atoms with Crippen LogP contribution < -0.4 is 4.74 Å². The number of ether oxygens (including phenoxy) is 2. The third-order valence-corrected chi connectivity index (χ3v) is 6.15. The highest BCUT2D eigenvalue weighted by molar-refractivity contribution is 6.08. The van der Waals surface area contributed by atoms with E-state index in [1.165, 1.54) is 0 Å². The maximum Gasteiger partial charge on any atom is 0.315 e. The van der Waals surface area contributed by atoms with Gasteiger partial charge in [0.2, 0.25) is 0 Å². The van der Waals surface area contributed by atoms with Crippen molar-refractivity contribution in [1.29, 1.82) is 0 Å². The van der Waals surface area contributed by atoms with Gasteiger partial charge in [-0.25, -0.2) is 0 Å². The van der Waals surface area contributed by atoms with E-state index in [2.05, 4.69) is 0 Å². The molecule has 4 rings (SSSR count). The first-order valence-electron chi connectivity index (χ1n) is 10.2. The van der Waals surface area contributed by atoms with E-state index < -0.39 is 5.92 Å². The van der Waals surface area contributed by atoms with Gasteiger partial charge in [-0.3, -0.25) is 14.6 Å². The van der Waals surface area contributed by atoms with Gasteiger partial charge in [0.05, 0.1) is 7.11 Å². The topological polar surface area (TPSA) is 65.0 Å². The van der Waals surface area contributed by atoms with E-state index >= 15 is 0 Å². The van der Waals surface area contributed by atoms with Gasteiger partial charge in [0, 0.05) is 29.3 Å². The number of ketones is 1. The minimum Gasteiger partial charge on any atom is -0.497 e. The van der Waals surface area contributed by atoms with Crippen LogP contribution in [0.3, 0.4) is 0 Å². The van der Waals surface area contributed by atoms with Crippen LogP contribution >= 0.6 is 0 Å². The number of methoxy groups -OCH3 is 1. The summed E-state index contributed by atoms with van der Waals surface area (Å²) in [5.74, 6) is -0.273. The van der Waals surface area contributed by atoms with Crippen LogP contribution in [0.1, 0.15) is 63.4 Å². The Bertz CT molecular complexity index is 831. The van der Waals surface area contributed by atoms with Crippen molar-refractivity contribution in [1.82, 2.24) is 0 Å². The van der Waals surface area contributed by atoms with E-state index in [1.54, 1.807) is 7.11 Å². The molecule has 148 valence electrons. The average Bonchev–Trinajstić information content (AvgIpc) is 3.20. The van der Waals surface area contributed by atoms with Crippen molar-refractivity contribution in [2.45, 2.75) is 63.9 Å². The van der Waals surface area contributed by atoms with Gasteiger partial charge < -0.3 is 9.47 Å². The van der Waals surface area contributed by atoms with Crippen LogP contribution in [0.25, 0.3) is 0 Å². The molecule has 0 radical (unpaired) electrons. The second-order valence-electron chi connectivity index (χ2n) is 7.96. The zero-order chi connectivity index (χ0) is 19.7. The number of Topliss-reactive ketones (excluding diaryl/α,β-unsaturated/α-hetero) is 1. The summed E-state index contributed by atoms with van der Waals surface area (Å²) in [6.07, 6.45) is 6.18. The highest BCUT2D eigenvalue weighted by Crippen LogP contribution is 2.44. The first-order valence-corrected chi connectivity index (χ1v) is 10.2. The smallest absolute Gasteiger partial charge is 0.315 e. The number of nitrogens with zero attached hydrogens (tertiary/aromatic N) is 1. The monoisotopic (exact) mass is 381 g/mol. The Morgan fingerprint density at radius 2 is 1.79 bits per heavy atom. The van der Waals surface area contributed by atoms with Crippen molar-refractivity contribution < 1.29 is 19.1 Å². The third-order valence-electron chi connectivity index (χ3n) is 6.15. The Morgan fingerprint density at radius 1 is 1.07 bits per heavy atom. The van der Waals surface area contributed by atoms with Gasteiger partial charge >= 0.3 is 5.97 Å². The minimum atomic E-state index is -0.546. The van der Waals surface area contributed by atoms with Crippen molar-refractivity contribution >= 4 is 17.5 Å². The molecule has 1 saturated carbocycles. The summed E-state index contributed by atoms with van der Waals surface area (Å²) < 4.78 is 11.1. The molecule has 0 amide bonds. The number of esters is 1. The largest absolute Gasteiger partial charge is 0.497 e. The van der Waals surface area contributed by atoms with E-state index in [1.807, 2.05) is 31.2 Å². The zero-order valence-electron chi connectivity index (χ0n) is 16.6. The molecule has 2 aliphatic carbocycles. The Morgan fingerprint density at radius 3 is 2.46 bits per heavy atom. The van der Waals surface area contributed by atoms with Gasteiger partial charge in [0.1, 0.15) is 17.8 Å². The highest BCUT2D eigenvalue weighted by atomic mass is 16.5. The predicted molar refractivity (Wildman–Crippen MR) is 107 cm³/mol. The molecule has 1 fully saturated rings. The van der Waals surface area contributed by atoms with E-state index in [9.17, 15) is 9.59 Å². The summed E-state index contributed by atoms with van der Waals surface area (Å²) in [6.45, 7) is 1.89. The number of carbonyl (C=O) groups is 2. The molecule has 1 unspecified atom stereocenters. The van der Waals surface area contributed by atoms with Crippen molar-refractivity contribution in [3.05, 3.63) is 41.1 Å². The van der Waals surface area contributed by atoms with Crippen LogP contribution in [0.4, 0.5) is 0 Å². The number of rotatable bonds is 4. The summed E-state index contributed by atoms with van der Waals surface area (Å²) in [7, 11) is 1.62. The Kier molecular flexibility index (Phi) is 5.33. The summed E-state index contributed by atoms with van der Waals surface area (Å²) >= 11 is 0. The summed E-state index contributed by atoms with van der Waals surface area (Å²) in [5, 5.41) is 0. The molecule has 1 aliphatic heterocycles. The normalized spacial score (nSPS) is 25.4. The standard InChI is InChI=1S/C23H27NO4/c1-14-20(23(26)28-17-6-3-4-7-17)21(15-10-12-16(27-2)13-11-15)22-18(24-14)8-5-9-19(22)25/h10-13,17,20-21H,3-9H2,1-2H3/t20?,21-/m0/s1. The van der Waals surface area contributed by atoms with E-state index in [-0.39, 0.29) is 23.8 Å². The van der Waals surface area contributed by atoms with Crippen LogP contribution in [0.5, 0.6) is 5.75 Å². The molecule has 0 aromatic heterocycles. The molecule has 5 nitrogen and oxygen atoms in total. The van der Waals surface area contributed by atoms with E-state index in [4.69, 9.17) is 14.5 Å². The fourth-order valence-corrected chi connectivity index (χ4v) is 4.73. The van der Waals surface area contributed by atoms with Crippen molar-refractivity contribution in [3.8, 4) is 5.75 Å². The van der Waals surface area contributed by atoms with Gasteiger partial charge in [-0.05, 0) is 63.1 Å². The van der Waals surface area contributed by atoms with Crippen molar-refractivity contribution in [2.24, 2.45) is 10.9 Å². The molecule has 1 aromatic carbocycles. The molecule has 28 heavy (non-hydrogen) atoms. The Hall–Kier alpha value is -2.43. The lowest BCUT2D eigenvalue weighted by Gasteiger charge is -2.35. The van der Waals surface area contributed by atoms with Gasteiger partial charge in [0.15, 0.2) is 5.78 Å². The van der Waals surface area contributed by atoms with E-state index in [0.717, 1.165) is 61.2 Å². The average molecular weight is 381 g/mol. The fourth-order valence-electron chi connectivity index (χ4n) is 4.73. The van der Waals surface area contributed by atoms with Gasteiger partial charge in [-0.1, -0.05) is 12.1 Å². The molecular formula is C23H27NO4. The maximum atomic E-state index is 13.2. The lowest BCUT2D eigenvalue weighted by atomic mass is 9.72. The molecule has 0 N–H and O–H groups in total. The summed E-state index contributed by atoms with van der Waals surface area (Å²) in [4.78, 5) is 30.7. The Balaban J connectivity index is 1.73. The number of hydrogen-bond acceptors (Lipinski definition) is 5. The third kappa shape index (κ3) is 3.50. The lowest BCUT2D eigenvalue weighted by molar-refractivity contribution is -0.151. The predicted octanol–water partition coefficient (Wildman–Crippen LogP) is 4.36. The van der Waals surface area contributed by atoms with Crippen LogP contribution in [0.15, 0.2) is 40.5 Å². The van der Waals surface area contributed by atoms with Crippen molar-refractivity contribution in [2.75, 3.05) is 7.11 Å². The van der Waals surface area contributed by atoms with Crippen LogP contribution in [0, 0.1) is 5.92 Å². The highest BCUT2D eigenvalue weighted by Gasteiger charge is 2.43. The lowest BCUT2D eigenvalue weighted by Crippen LogP contribution is -2.38. The second kappa shape index (κ2) is 7.90. The molecule has 2 atom stereocenters. The SMILES string of the molecule is COc1ccc([C@@H]2C3=C(CCCC3=O)N=C(C)C2C(=O)OC2CCCC2)cc1. The van der Waals surface area contributed by atoms with Crippen LogP contribution in [0.2, 0.25) is 0 Å². The summed E-state index contributed by atoms with van der Waals surface area (Å²) in [5.41, 5.74) is 3.23. The first kappa shape index (κ1) is 18.9. The number of allylic oxidation sites excluding steroid dienone is 2. The van der Waals surface area contributed by atoms with Crippen LogP contribution in [-0.2, 0) is 14.3 Å². The molecule has 5 heteroatoms. The minimum absolute atomic E-state index is 0.00532. The molecule has 1 aromatic rings. The molecule has 3 aliphatic rings. The molecule has 0 saturated heterocycles. The molecule has 0 bridgehead atoms. The maximum absolute atomic E-state index is 13.2. The van der Waals surface area contributed by atoms with Crippen molar-refractivity contribution in [3.63, 3.8) is 0 Å². The first-order chi connectivity index (χ1) is 13.6. The Labute approximate surface area is 165 Å². The number of hydrogen-bond donors (Lipinski definition) is 0. The van der Waals surface area contributed by atoms with Gasteiger partial charge in [-0.15, -0.1) is 0 Å². The molecule has 1 heterocycles. The second-order valence-corrected chi connectivity index (χ2v) is 7.96. The number of aliphatic imine (C=N–C) groups is 1. The quantitative estimate of drug-likeness (QED) is 0.727. The fraction of sp³-hybridized carbons (Fsp3) is 0.522. The van der Waals surface area contributed by atoms with Gasteiger partial charge in [0.25, 0.3) is 0 Å². The number of benzene rings is 1. The summed E-state index contributed by atoms with van der Waals surface area (Å²) in [6, 6.07) is 7.65. The molecule has 0 spiro atoms. The van der Waals surface area contributed by atoms with Gasteiger partial charge in [-0.2, -0.15) is 0 Å². The molecular weight excluding hydrogens is 354 g/mol. The van der Waals surface area contributed by atoms with Crippen LogP contribution in [-0.4, -0.2) is 30.7 Å². The zero-order valence-corrected chi connectivity index (χ0v) is 16.6. The van der Waals surface area contributed by atoms with E-state index in [0.29, 0.717) is 12.0 Å². The number of carbonyl (C=O) groups excluding carboxylic acids is 2.